The third-order valence-corrected chi connectivity index (χ3v) is 3.65. The Balaban J connectivity index is 1.44. The predicted molar refractivity (Wildman–Crippen MR) is 76.8 cm³/mol. The summed E-state index contributed by atoms with van der Waals surface area (Å²) in [4.78, 5) is 13.2. The van der Waals surface area contributed by atoms with Gasteiger partial charge in [0.05, 0.1) is 6.54 Å². The number of urea groups is 1. The summed E-state index contributed by atoms with van der Waals surface area (Å²) in [7, 11) is 0. The molecule has 0 bridgehead atoms. The Morgan fingerprint density at radius 1 is 1.40 bits per heavy atom. The highest BCUT2D eigenvalue weighted by Crippen LogP contribution is 2.20. The topological polar surface area (TPSA) is 53.6 Å². The van der Waals surface area contributed by atoms with Crippen LogP contribution < -0.4 is 15.4 Å². The molecular weight excluding hydrogens is 254 g/mol. The summed E-state index contributed by atoms with van der Waals surface area (Å²) < 4.78 is 5.73. The highest BCUT2D eigenvalue weighted by Gasteiger charge is 2.20. The fourth-order valence-corrected chi connectivity index (χ4v) is 2.29. The van der Waals surface area contributed by atoms with Crippen LogP contribution in [0, 0.1) is 0 Å². The molecule has 5 nitrogen and oxygen atoms in total. The van der Waals surface area contributed by atoms with Crippen LogP contribution in [0.2, 0.25) is 0 Å². The van der Waals surface area contributed by atoms with Gasteiger partial charge in [-0.15, -0.1) is 0 Å². The number of rotatable bonds is 7. The molecule has 1 aliphatic carbocycles. The maximum absolute atomic E-state index is 11.4. The molecule has 1 aromatic rings. The molecule has 1 heterocycles. The quantitative estimate of drug-likeness (QED) is 0.789. The Morgan fingerprint density at radius 3 is 3.05 bits per heavy atom. The highest BCUT2D eigenvalue weighted by molar-refractivity contribution is 5.76. The first-order valence-electron chi connectivity index (χ1n) is 7.29. The number of carbonyl (C=O) groups excluding carboxylic acids is 1. The number of hydrogen-bond acceptors (Lipinski definition) is 3. The highest BCUT2D eigenvalue weighted by atomic mass is 16.5. The van der Waals surface area contributed by atoms with E-state index in [-0.39, 0.29) is 6.03 Å². The zero-order valence-corrected chi connectivity index (χ0v) is 11.6. The fourth-order valence-electron chi connectivity index (χ4n) is 2.29. The van der Waals surface area contributed by atoms with Crippen molar-refractivity contribution in [3.63, 3.8) is 0 Å². The molecule has 0 atom stereocenters. The summed E-state index contributed by atoms with van der Waals surface area (Å²) in [5, 5.41) is 6.27. The number of benzene rings is 1. The SMILES string of the molecule is O=C1NCCN1CCOc1cccc(CNC2CC2)c1. The van der Waals surface area contributed by atoms with E-state index in [0.29, 0.717) is 19.2 Å². The van der Waals surface area contributed by atoms with Crippen molar-refractivity contribution in [2.75, 3.05) is 26.2 Å². The van der Waals surface area contributed by atoms with E-state index >= 15 is 0 Å². The van der Waals surface area contributed by atoms with Gasteiger partial charge in [-0.2, -0.15) is 0 Å². The lowest BCUT2D eigenvalue weighted by atomic mass is 10.2. The average molecular weight is 275 g/mol. The summed E-state index contributed by atoms with van der Waals surface area (Å²) in [6.07, 6.45) is 2.60. The summed E-state index contributed by atoms with van der Waals surface area (Å²) in [5.74, 6) is 0.875. The van der Waals surface area contributed by atoms with Gasteiger partial charge in [0.2, 0.25) is 0 Å². The van der Waals surface area contributed by atoms with Crippen LogP contribution in [0.15, 0.2) is 24.3 Å². The maximum atomic E-state index is 11.4. The van der Waals surface area contributed by atoms with Crippen LogP contribution in [-0.4, -0.2) is 43.2 Å². The Hall–Kier alpha value is -1.75. The lowest BCUT2D eigenvalue weighted by Crippen LogP contribution is -2.31. The molecule has 3 rings (SSSR count). The minimum atomic E-state index is 0.0102. The van der Waals surface area contributed by atoms with Crippen LogP contribution in [0.3, 0.4) is 0 Å². The number of ether oxygens (including phenoxy) is 1. The van der Waals surface area contributed by atoms with Crippen molar-refractivity contribution in [1.29, 1.82) is 0 Å². The number of hydrogen-bond donors (Lipinski definition) is 2. The average Bonchev–Trinajstić information content (AvgIpc) is 3.20. The van der Waals surface area contributed by atoms with E-state index in [1.165, 1.54) is 18.4 Å². The Labute approximate surface area is 119 Å². The Kier molecular flexibility index (Phi) is 4.06. The molecule has 1 aromatic carbocycles. The largest absolute Gasteiger partial charge is 0.492 e. The maximum Gasteiger partial charge on any atom is 0.317 e. The molecule has 2 amide bonds. The number of nitrogens with one attached hydrogen (secondary N) is 2. The lowest BCUT2D eigenvalue weighted by Gasteiger charge is -2.15. The van der Waals surface area contributed by atoms with Gasteiger partial charge in [-0.3, -0.25) is 0 Å². The second-order valence-electron chi connectivity index (χ2n) is 5.37. The molecule has 20 heavy (non-hydrogen) atoms. The van der Waals surface area contributed by atoms with E-state index in [0.717, 1.165) is 25.4 Å². The number of nitrogens with zero attached hydrogens (tertiary/aromatic N) is 1. The molecule has 0 spiro atoms. The van der Waals surface area contributed by atoms with Crippen molar-refractivity contribution in [3.8, 4) is 5.75 Å². The van der Waals surface area contributed by atoms with Gasteiger partial charge in [0.1, 0.15) is 12.4 Å². The number of amides is 2. The van der Waals surface area contributed by atoms with Crippen LogP contribution >= 0.6 is 0 Å². The van der Waals surface area contributed by atoms with Crippen molar-refractivity contribution in [1.82, 2.24) is 15.5 Å². The Bertz CT molecular complexity index is 474. The minimum Gasteiger partial charge on any atom is -0.492 e. The molecule has 0 aromatic heterocycles. The molecular formula is C15H21N3O2. The first-order chi connectivity index (χ1) is 9.81. The van der Waals surface area contributed by atoms with Crippen molar-refractivity contribution >= 4 is 6.03 Å². The lowest BCUT2D eigenvalue weighted by molar-refractivity contribution is 0.202. The summed E-state index contributed by atoms with van der Waals surface area (Å²) in [6, 6.07) is 8.88. The monoisotopic (exact) mass is 275 g/mol. The normalized spacial score (nSPS) is 18.2. The summed E-state index contributed by atoms with van der Waals surface area (Å²) in [5.41, 5.74) is 1.24. The predicted octanol–water partition coefficient (Wildman–Crippen LogP) is 1.34. The standard InChI is InChI=1S/C15H21N3O2/c19-15-16-6-7-18(15)8-9-20-14-3-1-2-12(10-14)11-17-13-4-5-13/h1-3,10,13,17H,4-9,11H2,(H,16,19). The van der Waals surface area contributed by atoms with E-state index in [9.17, 15) is 4.79 Å². The summed E-state index contributed by atoms with van der Waals surface area (Å²) >= 11 is 0. The van der Waals surface area contributed by atoms with Gasteiger partial charge in [0.25, 0.3) is 0 Å². The zero-order valence-electron chi connectivity index (χ0n) is 11.6. The smallest absolute Gasteiger partial charge is 0.317 e. The van der Waals surface area contributed by atoms with E-state index < -0.39 is 0 Å². The van der Waals surface area contributed by atoms with Crippen LogP contribution in [0.25, 0.3) is 0 Å². The second kappa shape index (κ2) is 6.13. The van der Waals surface area contributed by atoms with Gasteiger partial charge in [0, 0.05) is 25.7 Å². The molecule has 0 unspecified atom stereocenters. The summed E-state index contributed by atoms with van der Waals surface area (Å²) in [6.45, 7) is 3.58. The van der Waals surface area contributed by atoms with Crippen molar-refractivity contribution in [2.45, 2.75) is 25.4 Å². The molecule has 108 valence electrons. The number of carbonyl (C=O) groups is 1. The van der Waals surface area contributed by atoms with Crippen LogP contribution in [0.1, 0.15) is 18.4 Å². The van der Waals surface area contributed by atoms with Gasteiger partial charge in [-0.25, -0.2) is 4.79 Å². The fraction of sp³-hybridized carbons (Fsp3) is 0.533. The minimum absolute atomic E-state index is 0.0102. The third kappa shape index (κ3) is 3.63. The van der Waals surface area contributed by atoms with E-state index in [1.807, 2.05) is 12.1 Å². The van der Waals surface area contributed by atoms with Crippen LogP contribution in [0.4, 0.5) is 4.79 Å². The van der Waals surface area contributed by atoms with Gasteiger partial charge in [-0.1, -0.05) is 12.1 Å². The van der Waals surface area contributed by atoms with E-state index in [1.54, 1.807) is 4.90 Å². The van der Waals surface area contributed by atoms with Crippen LogP contribution in [0.5, 0.6) is 5.75 Å². The van der Waals surface area contributed by atoms with Gasteiger partial charge in [-0.05, 0) is 30.5 Å². The molecule has 1 aliphatic heterocycles. The van der Waals surface area contributed by atoms with Crippen LogP contribution in [-0.2, 0) is 6.54 Å². The van der Waals surface area contributed by atoms with Gasteiger partial charge in [0.15, 0.2) is 0 Å². The first-order valence-corrected chi connectivity index (χ1v) is 7.29. The molecule has 1 saturated heterocycles. The van der Waals surface area contributed by atoms with Gasteiger partial charge >= 0.3 is 6.03 Å². The van der Waals surface area contributed by atoms with E-state index in [2.05, 4.69) is 22.8 Å². The van der Waals surface area contributed by atoms with Crippen molar-refractivity contribution < 1.29 is 9.53 Å². The molecule has 5 heteroatoms. The molecule has 1 saturated carbocycles. The molecule has 2 aliphatic rings. The Morgan fingerprint density at radius 2 is 2.30 bits per heavy atom. The second-order valence-corrected chi connectivity index (χ2v) is 5.37. The molecule has 2 fully saturated rings. The molecule has 2 N–H and O–H groups in total. The third-order valence-electron chi connectivity index (χ3n) is 3.65. The zero-order chi connectivity index (χ0) is 13.8. The van der Waals surface area contributed by atoms with Crippen molar-refractivity contribution in [3.05, 3.63) is 29.8 Å². The molecule has 0 radical (unpaired) electrons. The first kappa shape index (κ1) is 13.2. The van der Waals surface area contributed by atoms with Gasteiger partial charge < -0.3 is 20.3 Å². The van der Waals surface area contributed by atoms with E-state index in [4.69, 9.17) is 4.74 Å². The van der Waals surface area contributed by atoms with Crippen molar-refractivity contribution in [2.24, 2.45) is 0 Å².